The Balaban J connectivity index is 3.29. The molecule has 0 atom stereocenters. The summed E-state index contributed by atoms with van der Waals surface area (Å²) in [4.78, 5) is 25.2. The van der Waals surface area contributed by atoms with Gasteiger partial charge in [-0.1, -0.05) is 18.2 Å². The molecule has 3 nitrogen and oxygen atoms in total. The van der Waals surface area contributed by atoms with Crippen LogP contribution in [0.2, 0.25) is 0 Å². The van der Waals surface area contributed by atoms with Gasteiger partial charge >= 0.3 is 5.91 Å². The largest absolute Gasteiger partial charge is 0.547 e. The standard InChI is InChI=1S/C10H8NO2/c1-7(12)8-5-3-4-6-9(8)10(13)11-2/h2-6H,1H3/q+1. The Kier molecular flexibility index (Phi) is 2.56. The lowest BCUT2D eigenvalue weighted by molar-refractivity contribution is 0.0992. The SMILES string of the molecule is C#[N+]C(=O)c1ccccc1C(C)=O. The van der Waals surface area contributed by atoms with Crippen LogP contribution in [0.1, 0.15) is 27.6 Å². The molecule has 0 bridgehead atoms. The Labute approximate surface area is 75.8 Å². The third-order valence-corrected chi connectivity index (χ3v) is 1.65. The van der Waals surface area contributed by atoms with Gasteiger partial charge in [0.2, 0.25) is 0 Å². The van der Waals surface area contributed by atoms with Crippen molar-refractivity contribution in [1.29, 1.82) is 0 Å². The highest BCUT2D eigenvalue weighted by Gasteiger charge is 2.20. The Morgan fingerprint density at radius 2 is 1.77 bits per heavy atom. The summed E-state index contributed by atoms with van der Waals surface area (Å²) in [6.07, 6.45) is 0. The number of rotatable bonds is 2. The van der Waals surface area contributed by atoms with Crippen molar-refractivity contribution >= 4 is 11.7 Å². The van der Waals surface area contributed by atoms with Crippen molar-refractivity contribution in [2.45, 2.75) is 6.92 Å². The average Bonchev–Trinajstić information content (AvgIpc) is 2.16. The summed E-state index contributed by atoms with van der Waals surface area (Å²) < 4.78 is 0. The zero-order valence-corrected chi connectivity index (χ0v) is 7.15. The van der Waals surface area contributed by atoms with E-state index in [9.17, 15) is 9.59 Å². The molecule has 13 heavy (non-hydrogen) atoms. The summed E-state index contributed by atoms with van der Waals surface area (Å²) in [6.45, 7) is 6.23. The maximum absolute atomic E-state index is 11.1. The molecule has 0 aliphatic carbocycles. The van der Waals surface area contributed by atoms with E-state index in [0.29, 0.717) is 5.56 Å². The predicted octanol–water partition coefficient (Wildman–Crippen LogP) is 1.99. The van der Waals surface area contributed by atoms with Crippen molar-refractivity contribution < 1.29 is 9.59 Å². The molecule has 0 aliphatic heterocycles. The van der Waals surface area contributed by atoms with Crippen LogP contribution in [-0.4, -0.2) is 11.7 Å². The molecule has 0 aromatic heterocycles. The molecule has 1 amide bonds. The quantitative estimate of drug-likeness (QED) is 0.643. The Hall–Kier alpha value is -1.95. The van der Waals surface area contributed by atoms with Crippen LogP contribution in [0, 0.1) is 6.57 Å². The first-order chi connectivity index (χ1) is 6.16. The molecular weight excluding hydrogens is 166 g/mol. The van der Waals surface area contributed by atoms with Gasteiger partial charge in [0.1, 0.15) is 5.56 Å². The second-order valence-corrected chi connectivity index (χ2v) is 2.54. The number of hydrogen-bond acceptors (Lipinski definition) is 2. The summed E-state index contributed by atoms with van der Waals surface area (Å²) in [5.41, 5.74) is 0.596. The lowest BCUT2D eigenvalue weighted by Gasteiger charge is -1.95. The summed E-state index contributed by atoms with van der Waals surface area (Å²) >= 11 is 0. The van der Waals surface area contributed by atoms with E-state index >= 15 is 0 Å². The highest BCUT2D eigenvalue weighted by Crippen LogP contribution is 2.10. The van der Waals surface area contributed by atoms with Gasteiger partial charge in [-0.25, -0.2) is 0 Å². The number of carbonyl (C=O) groups is 2. The number of ketones is 1. The molecular formula is C10H8NO2+. The molecule has 0 saturated heterocycles. The molecule has 0 radical (unpaired) electrons. The highest BCUT2D eigenvalue weighted by atomic mass is 16.1. The second-order valence-electron chi connectivity index (χ2n) is 2.54. The first-order valence-corrected chi connectivity index (χ1v) is 3.72. The van der Waals surface area contributed by atoms with Crippen molar-refractivity contribution in [1.82, 2.24) is 0 Å². The zero-order chi connectivity index (χ0) is 9.84. The minimum atomic E-state index is -0.578. The zero-order valence-electron chi connectivity index (χ0n) is 7.15. The third-order valence-electron chi connectivity index (χ3n) is 1.65. The first-order valence-electron chi connectivity index (χ1n) is 3.72. The third kappa shape index (κ3) is 1.79. The minimum Gasteiger partial charge on any atom is -0.294 e. The molecule has 0 N–H and O–H groups in total. The van der Waals surface area contributed by atoms with Crippen molar-refractivity contribution in [3.8, 4) is 6.57 Å². The van der Waals surface area contributed by atoms with E-state index in [4.69, 9.17) is 6.57 Å². The Morgan fingerprint density at radius 3 is 2.23 bits per heavy atom. The maximum Gasteiger partial charge on any atom is 0.547 e. The van der Waals surface area contributed by atoms with E-state index in [-0.39, 0.29) is 11.3 Å². The fourth-order valence-corrected chi connectivity index (χ4v) is 1.05. The van der Waals surface area contributed by atoms with Crippen LogP contribution < -0.4 is 0 Å². The van der Waals surface area contributed by atoms with E-state index in [1.54, 1.807) is 18.2 Å². The van der Waals surface area contributed by atoms with Gasteiger partial charge in [-0.2, -0.15) is 4.79 Å². The Bertz CT molecular complexity index is 402. The molecule has 0 unspecified atom stereocenters. The number of amides is 1. The van der Waals surface area contributed by atoms with Crippen LogP contribution in [0.15, 0.2) is 24.3 Å². The van der Waals surface area contributed by atoms with Crippen LogP contribution in [0.5, 0.6) is 0 Å². The van der Waals surface area contributed by atoms with Crippen molar-refractivity contribution in [2.24, 2.45) is 0 Å². The number of hydrogen-bond donors (Lipinski definition) is 0. The highest BCUT2D eigenvalue weighted by molar-refractivity contribution is 6.10. The minimum absolute atomic E-state index is 0.174. The number of benzene rings is 1. The summed E-state index contributed by atoms with van der Waals surface area (Å²) in [5.74, 6) is -0.751. The predicted molar refractivity (Wildman–Crippen MR) is 49.1 cm³/mol. The molecule has 3 heteroatoms. The van der Waals surface area contributed by atoms with Crippen LogP contribution in [0.4, 0.5) is 0 Å². The first kappa shape index (κ1) is 9.14. The number of nitrogens with zero attached hydrogens (tertiary/aromatic N) is 1. The van der Waals surface area contributed by atoms with E-state index in [0.717, 1.165) is 0 Å². The normalized spacial score (nSPS) is 8.92. The van der Waals surface area contributed by atoms with E-state index in [1.165, 1.54) is 13.0 Å². The van der Waals surface area contributed by atoms with E-state index < -0.39 is 5.91 Å². The van der Waals surface area contributed by atoms with Crippen molar-refractivity contribution in [2.75, 3.05) is 0 Å². The number of carbonyl (C=O) groups excluding carboxylic acids is 2. The summed E-state index contributed by atoms with van der Waals surface area (Å²) in [7, 11) is 0. The Morgan fingerprint density at radius 1 is 1.23 bits per heavy atom. The lowest BCUT2D eigenvalue weighted by atomic mass is 10.0. The van der Waals surface area contributed by atoms with Crippen molar-refractivity contribution in [3.05, 3.63) is 40.2 Å². The van der Waals surface area contributed by atoms with Crippen LogP contribution in [0.3, 0.4) is 0 Å². The molecule has 0 aliphatic rings. The fourth-order valence-electron chi connectivity index (χ4n) is 1.05. The number of Topliss-reactive ketones (excluding diaryl/α,β-unsaturated/α-hetero) is 1. The molecule has 64 valence electrons. The molecule has 0 saturated carbocycles. The molecule has 0 spiro atoms. The molecule has 1 aromatic carbocycles. The molecule has 0 fully saturated rings. The average molecular weight is 174 g/mol. The van der Waals surface area contributed by atoms with Gasteiger partial charge in [-0.15, -0.1) is 0 Å². The smallest absolute Gasteiger partial charge is 0.294 e. The van der Waals surface area contributed by atoms with Gasteiger partial charge in [-0.3, -0.25) is 4.79 Å². The van der Waals surface area contributed by atoms with Crippen molar-refractivity contribution in [3.63, 3.8) is 0 Å². The van der Waals surface area contributed by atoms with Gasteiger partial charge in [0.05, 0.1) is 0 Å². The van der Waals surface area contributed by atoms with Gasteiger partial charge in [0.15, 0.2) is 5.78 Å². The fraction of sp³-hybridized carbons (Fsp3) is 0.100. The maximum atomic E-state index is 11.1. The van der Waals surface area contributed by atoms with Crippen LogP contribution in [0.25, 0.3) is 4.85 Å². The molecule has 0 heterocycles. The summed E-state index contributed by atoms with van der Waals surface area (Å²) in [5, 5.41) is 0. The molecule has 1 rings (SSSR count). The van der Waals surface area contributed by atoms with Crippen LogP contribution in [-0.2, 0) is 0 Å². The molecule has 1 aromatic rings. The monoisotopic (exact) mass is 174 g/mol. The van der Waals surface area contributed by atoms with Gasteiger partial charge in [0, 0.05) is 10.4 Å². The van der Waals surface area contributed by atoms with Crippen LogP contribution >= 0.6 is 0 Å². The van der Waals surface area contributed by atoms with E-state index in [1.807, 2.05) is 0 Å². The van der Waals surface area contributed by atoms with Gasteiger partial charge in [-0.05, 0) is 13.0 Å². The second kappa shape index (κ2) is 3.63. The van der Waals surface area contributed by atoms with E-state index in [2.05, 4.69) is 4.85 Å². The lowest BCUT2D eigenvalue weighted by Crippen LogP contribution is -2.02. The van der Waals surface area contributed by atoms with Gasteiger partial charge in [0.25, 0.3) is 6.57 Å². The topological polar surface area (TPSA) is 38.5 Å². The van der Waals surface area contributed by atoms with Gasteiger partial charge < -0.3 is 0 Å². The summed E-state index contributed by atoms with van der Waals surface area (Å²) in [6, 6.07) is 6.44.